The average Bonchev–Trinajstić information content (AvgIpc) is 2.74. The second-order valence-corrected chi connectivity index (χ2v) is 9.25. The first kappa shape index (κ1) is 16.4. The van der Waals surface area contributed by atoms with E-state index in [0.29, 0.717) is 5.41 Å². The van der Waals surface area contributed by atoms with Crippen molar-refractivity contribution in [3.05, 3.63) is 66.5 Å². The Balaban J connectivity index is 1.38. The number of hydrogen-bond donors (Lipinski definition) is 0. The topological polar surface area (TPSA) is 38.7 Å². The van der Waals surface area contributed by atoms with Crippen molar-refractivity contribution in [1.82, 2.24) is 15.0 Å². The molecule has 0 radical (unpaired) electrons. The third-order valence-electron chi connectivity index (χ3n) is 7.35. The van der Waals surface area contributed by atoms with Gasteiger partial charge < -0.3 is 0 Å². The molecule has 0 spiro atoms. The van der Waals surface area contributed by atoms with Gasteiger partial charge in [-0.05, 0) is 104 Å². The van der Waals surface area contributed by atoms with Crippen molar-refractivity contribution in [1.29, 1.82) is 0 Å². The summed E-state index contributed by atoms with van der Waals surface area (Å²) in [6.45, 7) is 0. The van der Waals surface area contributed by atoms with Gasteiger partial charge in [-0.1, -0.05) is 12.1 Å². The smallest absolute Gasteiger partial charge is 0.0894 e. The molecule has 4 aliphatic rings. The molecule has 4 saturated carbocycles. The van der Waals surface area contributed by atoms with Crippen molar-refractivity contribution in [3.63, 3.8) is 0 Å². The van der Waals surface area contributed by atoms with Gasteiger partial charge in [0.05, 0.1) is 22.8 Å². The lowest BCUT2D eigenvalue weighted by Gasteiger charge is -2.57. The van der Waals surface area contributed by atoms with Crippen LogP contribution in [0.5, 0.6) is 0 Å². The van der Waals surface area contributed by atoms with Crippen LogP contribution < -0.4 is 0 Å². The first-order chi connectivity index (χ1) is 13.8. The van der Waals surface area contributed by atoms with Crippen molar-refractivity contribution in [2.45, 2.75) is 43.9 Å². The van der Waals surface area contributed by atoms with Crippen LogP contribution in [0, 0.1) is 17.8 Å². The van der Waals surface area contributed by atoms with Crippen LogP contribution in [0.15, 0.2) is 60.9 Å². The average molecular weight is 367 g/mol. The Labute approximate surface area is 166 Å². The van der Waals surface area contributed by atoms with Gasteiger partial charge in [-0.15, -0.1) is 0 Å². The third-order valence-corrected chi connectivity index (χ3v) is 7.35. The summed E-state index contributed by atoms with van der Waals surface area (Å²) >= 11 is 0. The lowest BCUT2D eigenvalue weighted by molar-refractivity contribution is -0.00520. The molecule has 3 aromatic heterocycles. The van der Waals surface area contributed by atoms with E-state index in [1.807, 2.05) is 36.7 Å². The summed E-state index contributed by atoms with van der Waals surface area (Å²) in [6, 6.07) is 16.7. The molecule has 4 aliphatic carbocycles. The van der Waals surface area contributed by atoms with E-state index in [9.17, 15) is 0 Å². The van der Waals surface area contributed by atoms with Crippen molar-refractivity contribution in [2.75, 3.05) is 0 Å². The number of rotatable bonds is 3. The number of aromatic nitrogens is 3. The van der Waals surface area contributed by atoms with Gasteiger partial charge in [-0.25, -0.2) is 4.98 Å². The monoisotopic (exact) mass is 367 g/mol. The Morgan fingerprint density at radius 2 is 1.29 bits per heavy atom. The second kappa shape index (κ2) is 6.23. The first-order valence-electron chi connectivity index (χ1n) is 10.6. The molecule has 0 amide bonds. The molecule has 0 aliphatic heterocycles. The van der Waals surface area contributed by atoms with Crippen molar-refractivity contribution in [2.24, 2.45) is 17.8 Å². The van der Waals surface area contributed by atoms with Crippen molar-refractivity contribution >= 4 is 0 Å². The van der Waals surface area contributed by atoms with Crippen LogP contribution >= 0.6 is 0 Å². The Bertz CT molecular complexity index is 976. The van der Waals surface area contributed by atoms with Crippen LogP contribution in [0.4, 0.5) is 0 Å². The number of pyridine rings is 3. The van der Waals surface area contributed by atoms with Crippen LogP contribution in [0.3, 0.4) is 0 Å². The van der Waals surface area contributed by atoms with E-state index in [1.165, 1.54) is 44.1 Å². The van der Waals surface area contributed by atoms with E-state index in [2.05, 4.69) is 34.2 Å². The van der Waals surface area contributed by atoms with Crippen LogP contribution in [0.1, 0.15) is 44.1 Å². The normalized spacial score (nSPS) is 30.5. The highest BCUT2D eigenvalue weighted by molar-refractivity contribution is 5.62. The lowest BCUT2D eigenvalue weighted by atomic mass is 9.48. The van der Waals surface area contributed by atoms with Gasteiger partial charge in [0.15, 0.2) is 0 Å². The summed E-state index contributed by atoms with van der Waals surface area (Å²) in [5.74, 6) is 2.86. The molecule has 0 N–H and O–H groups in total. The van der Waals surface area contributed by atoms with E-state index in [-0.39, 0.29) is 0 Å². The van der Waals surface area contributed by atoms with Gasteiger partial charge in [-0.3, -0.25) is 9.97 Å². The minimum atomic E-state index is 0.394. The van der Waals surface area contributed by atoms with Gasteiger partial charge in [0.1, 0.15) is 0 Å². The van der Waals surface area contributed by atoms with Crippen LogP contribution in [-0.2, 0) is 5.41 Å². The second-order valence-electron chi connectivity index (χ2n) is 9.25. The minimum absolute atomic E-state index is 0.394. The molecule has 3 heterocycles. The molecule has 0 unspecified atom stereocenters. The highest BCUT2D eigenvalue weighted by atomic mass is 14.8. The SMILES string of the molecule is c1ccc(-c2cccc(-c3cc(C45CC6CC(CC(C6)C4)C5)ccn3)n2)nc1. The maximum atomic E-state index is 4.88. The Morgan fingerprint density at radius 3 is 1.96 bits per heavy atom. The van der Waals surface area contributed by atoms with Gasteiger partial charge in [-0.2, -0.15) is 0 Å². The van der Waals surface area contributed by atoms with Crippen LogP contribution in [-0.4, -0.2) is 15.0 Å². The zero-order valence-electron chi connectivity index (χ0n) is 16.1. The maximum absolute atomic E-state index is 4.88. The highest BCUT2D eigenvalue weighted by Gasteiger charge is 2.51. The van der Waals surface area contributed by atoms with Gasteiger partial charge in [0.25, 0.3) is 0 Å². The molecule has 0 saturated heterocycles. The van der Waals surface area contributed by atoms with E-state index in [0.717, 1.165) is 40.5 Å². The predicted octanol–water partition coefficient (Wildman–Crippen LogP) is 5.67. The summed E-state index contributed by atoms with van der Waals surface area (Å²) in [4.78, 5) is 14.0. The fraction of sp³-hybridized carbons (Fsp3) is 0.400. The Kier molecular flexibility index (Phi) is 3.65. The van der Waals surface area contributed by atoms with Crippen LogP contribution in [0.25, 0.3) is 22.8 Å². The molecule has 4 fully saturated rings. The van der Waals surface area contributed by atoms with Gasteiger partial charge in [0, 0.05) is 12.4 Å². The predicted molar refractivity (Wildman–Crippen MR) is 111 cm³/mol. The summed E-state index contributed by atoms with van der Waals surface area (Å²) in [5.41, 5.74) is 5.63. The largest absolute Gasteiger partial charge is 0.255 e. The highest BCUT2D eigenvalue weighted by Crippen LogP contribution is 2.60. The molecule has 4 bridgehead atoms. The lowest BCUT2D eigenvalue weighted by Crippen LogP contribution is -2.48. The fourth-order valence-electron chi connectivity index (χ4n) is 6.60. The quantitative estimate of drug-likeness (QED) is 0.598. The van der Waals surface area contributed by atoms with E-state index in [4.69, 9.17) is 4.98 Å². The molecule has 140 valence electrons. The molecule has 3 aromatic rings. The van der Waals surface area contributed by atoms with Crippen LogP contribution in [0.2, 0.25) is 0 Å². The molecule has 28 heavy (non-hydrogen) atoms. The standard InChI is InChI=1S/C25H25N3/c1-2-8-26-21(4-1)22-5-3-6-23(28-22)24-13-20(7-9-27-24)25-14-17-10-18(15-25)12-19(11-17)16-25/h1-9,13,17-19H,10-12,14-16H2. The van der Waals surface area contributed by atoms with Gasteiger partial charge >= 0.3 is 0 Å². The van der Waals surface area contributed by atoms with Gasteiger partial charge in [0.2, 0.25) is 0 Å². The maximum Gasteiger partial charge on any atom is 0.0894 e. The number of hydrogen-bond acceptors (Lipinski definition) is 3. The third kappa shape index (κ3) is 2.68. The zero-order valence-corrected chi connectivity index (χ0v) is 16.1. The molecule has 3 nitrogen and oxygen atoms in total. The number of nitrogens with zero attached hydrogens (tertiary/aromatic N) is 3. The minimum Gasteiger partial charge on any atom is -0.255 e. The Morgan fingerprint density at radius 1 is 0.643 bits per heavy atom. The van der Waals surface area contributed by atoms with E-state index in [1.54, 1.807) is 0 Å². The molecular formula is C25H25N3. The summed E-state index contributed by atoms with van der Waals surface area (Å²) < 4.78 is 0. The summed E-state index contributed by atoms with van der Waals surface area (Å²) in [5, 5.41) is 0. The summed E-state index contributed by atoms with van der Waals surface area (Å²) in [7, 11) is 0. The molecule has 7 rings (SSSR count). The fourth-order valence-corrected chi connectivity index (χ4v) is 6.60. The van der Waals surface area contributed by atoms with E-state index >= 15 is 0 Å². The Hall–Kier alpha value is -2.55. The molecule has 0 aromatic carbocycles. The molecule has 3 heteroatoms. The molecule has 0 atom stereocenters. The first-order valence-corrected chi connectivity index (χ1v) is 10.6. The van der Waals surface area contributed by atoms with Crippen molar-refractivity contribution < 1.29 is 0 Å². The van der Waals surface area contributed by atoms with E-state index < -0.39 is 0 Å². The summed E-state index contributed by atoms with van der Waals surface area (Å²) in [6.07, 6.45) is 12.4. The molecular weight excluding hydrogens is 342 g/mol. The zero-order chi connectivity index (χ0) is 18.6. The van der Waals surface area contributed by atoms with Crippen molar-refractivity contribution in [3.8, 4) is 22.8 Å².